The van der Waals surface area contributed by atoms with Crippen LogP contribution in [-0.4, -0.2) is 45.9 Å². The smallest absolute Gasteiger partial charge is 0.251 e. The van der Waals surface area contributed by atoms with Gasteiger partial charge in [0, 0.05) is 30.1 Å². The highest BCUT2D eigenvalue weighted by Crippen LogP contribution is 2.30. The molecule has 1 saturated carbocycles. The van der Waals surface area contributed by atoms with Crippen molar-refractivity contribution in [2.24, 2.45) is 0 Å². The second-order valence-electron chi connectivity index (χ2n) is 8.19. The summed E-state index contributed by atoms with van der Waals surface area (Å²) in [5.74, 6) is 0.289. The van der Waals surface area contributed by atoms with Crippen LogP contribution in [0, 0.1) is 0 Å². The van der Waals surface area contributed by atoms with Gasteiger partial charge in [-0.25, -0.2) is 9.97 Å². The van der Waals surface area contributed by atoms with Crippen LogP contribution in [0.25, 0.3) is 11.1 Å². The molecule has 148 valence electrons. The highest BCUT2D eigenvalue weighted by atomic mass is 16.1. The van der Waals surface area contributed by atoms with Crippen molar-refractivity contribution in [1.82, 2.24) is 20.2 Å². The number of nitrogen functional groups attached to an aromatic ring is 1. The Morgan fingerprint density at radius 3 is 2.25 bits per heavy atom. The lowest BCUT2D eigenvalue weighted by Crippen LogP contribution is -2.56. The fraction of sp³-hybridized carbons (Fsp3) is 0.500. The van der Waals surface area contributed by atoms with Crippen molar-refractivity contribution >= 4 is 11.9 Å². The lowest BCUT2D eigenvalue weighted by Gasteiger charge is -2.41. The van der Waals surface area contributed by atoms with Crippen LogP contribution in [0.15, 0.2) is 36.7 Å². The van der Waals surface area contributed by atoms with Gasteiger partial charge in [0.25, 0.3) is 5.91 Å². The zero-order valence-electron chi connectivity index (χ0n) is 16.4. The molecule has 1 aliphatic heterocycles. The Bertz CT molecular complexity index is 791. The summed E-state index contributed by atoms with van der Waals surface area (Å²) < 4.78 is 0. The molecule has 28 heavy (non-hydrogen) atoms. The second-order valence-corrected chi connectivity index (χ2v) is 8.19. The minimum absolute atomic E-state index is 0.0289. The SMILES string of the molecule is Nc1ncc(-c2ccc(C(=O)NC3(CN4CCCC4)CCCCC3)cc2)cn1. The van der Waals surface area contributed by atoms with E-state index in [1.165, 1.54) is 32.1 Å². The van der Waals surface area contributed by atoms with E-state index in [9.17, 15) is 4.79 Å². The first-order valence-corrected chi connectivity index (χ1v) is 10.4. The normalized spacial score (nSPS) is 19.4. The maximum atomic E-state index is 13.0. The van der Waals surface area contributed by atoms with Crippen molar-refractivity contribution in [3.8, 4) is 11.1 Å². The van der Waals surface area contributed by atoms with Crippen molar-refractivity contribution in [1.29, 1.82) is 0 Å². The van der Waals surface area contributed by atoms with Crippen LogP contribution < -0.4 is 11.1 Å². The summed E-state index contributed by atoms with van der Waals surface area (Å²) in [6.07, 6.45) is 11.8. The Morgan fingerprint density at radius 1 is 0.964 bits per heavy atom. The Labute approximate surface area is 166 Å². The molecule has 6 heteroatoms. The summed E-state index contributed by atoms with van der Waals surface area (Å²) in [6.45, 7) is 3.31. The minimum Gasteiger partial charge on any atom is -0.368 e. The number of anilines is 1. The first-order chi connectivity index (χ1) is 13.6. The Kier molecular flexibility index (Phi) is 5.57. The number of hydrogen-bond acceptors (Lipinski definition) is 5. The summed E-state index contributed by atoms with van der Waals surface area (Å²) in [4.78, 5) is 23.6. The zero-order valence-corrected chi connectivity index (χ0v) is 16.4. The quantitative estimate of drug-likeness (QED) is 0.833. The van der Waals surface area contributed by atoms with E-state index in [-0.39, 0.29) is 17.4 Å². The van der Waals surface area contributed by atoms with Gasteiger partial charge in [-0.3, -0.25) is 4.79 Å². The van der Waals surface area contributed by atoms with E-state index in [4.69, 9.17) is 5.73 Å². The van der Waals surface area contributed by atoms with Crippen LogP contribution in [0.5, 0.6) is 0 Å². The summed E-state index contributed by atoms with van der Waals surface area (Å²) in [5.41, 5.74) is 8.03. The molecule has 1 aliphatic carbocycles. The van der Waals surface area contributed by atoms with Gasteiger partial charge in [0.1, 0.15) is 0 Å². The molecule has 1 saturated heterocycles. The number of nitrogens with one attached hydrogen (secondary N) is 1. The van der Waals surface area contributed by atoms with Gasteiger partial charge in [-0.1, -0.05) is 31.4 Å². The van der Waals surface area contributed by atoms with Gasteiger partial charge < -0.3 is 16.0 Å². The largest absolute Gasteiger partial charge is 0.368 e. The number of aromatic nitrogens is 2. The number of nitrogens with zero attached hydrogens (tertiary/aromatic N) is 3. The number of benzene rings is 1. The molecule has 0 spiro atoms. The van der Waals surface area contributed by atoms with E-state index in [0.717, 1.165) is 43.6 Å². The molecule has 0 radical (unpaired) electrons. The van der Waals surface area contributed by atoms with E-state index >= 15 is 0 Å². The molecule has 2 fully saturated rings. The Morgan fingerprint density at radius 2 is 1.61 bits per heavy atom. The van der Waals surface area contributed by atoms with E-state index in [0.29, 0.717) is 5.56 Å². The van der Waals surface area contributed by atoms with E-state index < -0.39 is 0 Å². The number of carbonyl (C=O) groups is 1. The summed E-state index contributed by atoms with van der Waals surface area (Å²) >= 11 is 0. The zero-order chi connectivity index (χ0) is 19.4. The van der Waals surface area contributed by atoms with Gasteiger partial charge in [0.05, 0.1) is 5.54 Å². The van der Waals surface area contributed by atoms with Gasteiger partial charge in [-0.15, -0.1) is 0 Å². The number of rotatable bonds is 5. The van der Waals surface area contributed by atoms with Crippen molar-refractivity contribution < 1.29 is 4.79 Å². The lowest BCUT2D eigenvalue weighted by atomic mass is 9.81. The number of likely N-dealkylation sites (tertiary alicyclic amines) is 1. The Hall–Kier alpha value is -2.47. The van der Waals surface area contributed by atoms with Crippen LogP contribution in [0.3, 0.4) is 0 Å². The summed E-state index contributed by atoms with van der Waals surface area (Å²) in [7, 11) is 0. The molecule has 3 N–H and O–H groups in total. The van der Waals surface area contributed by atoms with Crippen molar-refractivity contribution in [2.75, 3.05) is 25.4 Å². The molecule has 4 rings (SSSR count). The molecule has 2 aromatic rings. The van der Waals surface area contributed by atoms with E-state index in [1.54, 1.807) is 12.4 Å². The van der Waals surface area contributed by atoms with Crippen LogP contribution in [0.1, 0.15) is 55.3 Å². The van der Waals surface area contributed by atoms with E-state index in [2.05, 4.69) is 20.2 Å². The molecular formula is C22H29N5O. The lowest BCUT2D eigenvalue weighted by molar-refractivity contribution is 0.0822. The predicted octanol–water partition coefficient (Wildman–Crippen LogP) is 3.25. The molecule has 2 aliphatic rings. The molecule has 1 aromatic carbocycles. The highest BCUT2D eigenvalue weighted by molar-refractivity contribution is 5.95. The van der Waals surface area contributed by atoms with E-state index in [1.807, 2.05) is 24.3 Å². The second kappa shape index (κ2) is 8.27. The molecule has 0 bridgehead atoms. The summed E-state index contributed by atoms with van der Waals surface area (Å²) in [6, 6.07) is 7.65. The highest BCUT2D eigenvalue weighted by Gasteiger charge is 2.36. The number of amides is 1. The third-order valence-corrected chi connectivity index (χ3v) is 6.07. The maximum absolute atomic E-state index is 13.0. The standard InChI is InChI=1S/C22H29N5O/c23-21-24-14-19(15-25-21)17-6-8-18(9-7-17)20(28)26-22(10-2-1-3-11-22)16-27-12-4-5-13-27/h6-9,14-15H,1-5,10-13,16H2,(H,26,28)(H2,23,24,25). The number of carbonyl (C=O) groups excluding carboxylic acids is 1. The van der Waals surface area contributed by atoms with Crippen LogP contribution in [0.4, 0.5) is 5.95 Å². The van der Waals surface area contributed by atoms with Crippen LogP contribution in [-0.2, 0) is 0 Å². The monoisotopic (exact) mass is 379 g/mol. The molecule has 1 amide bonds. The number of nitrogens with two attached hydrogens (primary N) is 1. The topological polar surface area (TPSA) is 84.1 Å². The number of hydrogen-bond donors (Lipinski definition) is 2. The summed E-state index contributed by atoms with van der Waals surface area (Å²) in [5, 5.41) is 3.42. The molecule has 0 atom stereocenters. The molecule has 0 unspecified atom stereocenters. The molecule has 1 aromatic heterocycles. The van der Waals surface area contributed by atoms with Crippen LogP contribution in [0.2, 0.25) is 0 Å². The van der Waals surface area contributed by atoms with Gasteiger partial charge in [0.2, 0.25) is 5.95 Å². The average Bonchev–Trinajstić information content (AvgIpc) is 3.22. The van der Waals surface area contributed by atoms with Gasteiger partial charge in [0.15, 0.2) is 0 Å². The third kappa shape index (κ3) is 4.33. The van der Waals surface area contributed by atoms with Gasteiger partial charge in [-0.2, -0.15) is 0 Å². The van der Waals surface area contributed by atoms with Crippen molar-refractivity contribution in [3.63, 3.8) is 0 Å². The molecular weight excluding hydrogens is 350 g/mol. The molecule has 2 heterocycles. The Balaban J connectivity index is 1.46. The fourth-order valence-corrected chi connectivity index (χ4v) is 4.53. The first kappa shape index (κ1) is 18.9. The van der Waals surface area contributed by atoms with Crippen molar-refractivity contribution in [2.45, 2.75) is 50.5 Å². The van der Waals surface area contributed by atoms with Crippen molar-refractivity contribution in [3.05, 3.63) is 42.2 Å². The average molecular weight is 380 g/mol. The third-order valence-electron chi connectivity index (χ3n) is 6.07. The maximum Gasteiger partial charge on any atom is 0.251 e. The molecule has 6 nitrogen and oxygen atoms in total. The van der Waals surface area contributed by atoms with Gasteiger partial charge in [-0.05, 0) is 56.5 Å². The van der Waals surface area contributed by atoms with Gasteiger partial charge >= 0.3 is 0 Å². The first-order valence-electron chi connectivity index (χ1n) is 10.4. The fourth-order valence-electron chi connectivity index (χ4n) is 4.53. The minimum atomic E-state index is -0.0802. The predicted molar refractivity (Wildman–Crippen MR) is 111 cm³/mol. The van der Waals surface area contributed by atoms with Crippen LogP contribution >= 0.6 is 0 Å².